The molecule has 0 unspecified atom stereocenters. The smallest absolute Gasteiger partial charge is 0.416 e. The van der Waals surface area contributed by atoms with Crippen LogP contribution in [0.15, 0.2) is 49.1 Å². The van der Waals surface area contributed by atoms with E-state index in [1.165, 1.54) is 23.4 Å². The zero-order chi connectivity index (χ0) is 32.2. The third-order valence-corrected chi connectivity index (χ3v) is 8.27. The van der Waals surface area contributed by atoms with Crippen molar-refractivity contribution in [3.63, 3.8) is 0 Å². The molecule has 13 heteroatoms. The number of halogens is 3. The predicted molar refractivity (Wildman–Crippen MR) is 159 cm³/mol. The molecule has 1 aromatic carbocycles. The molecule has 0 saturated heterocycles. The number of aliphatic hydroxyl groups excluding tert-OH is 1. The Bertz CT molecular complexity index is 1410. The van der Waals surface area contributed by atoms with E-state index in [0.29, 0.717) is 23.5 Å². The van der Waals surface area contributed by atoms with Gasteiger partial charge in [-0.25, -0.2) is 14.5 Å². The fourth-order valence-electron chi connectivity index (χ4n) is 5.50. The van der Waals surface area contributed by atoms with E-state index >= 15 is 0 Å². The zero-order valence-electron chi connectivity index (χ0n) is 25.5. The molecule has 2 amide bonds. The van der Waals surface area contributed by atoms with E-state index in [-0.39, 0.29) is 19.0 Å². The molecule has 2 heterocycles. The Kier molecular flexibility index (Phi) is 10.1. The standard InChI is InChI=1S/C31H41F3N6O4/c1-5-6-10-24(27(41)28(42)37-26-15-16-36-40(26)22-8-7-9-22)39(29(43)44)25(30(2,3)4)18-38-17-23(35-19-38)20-11-13-21(14-12-20)31(32,33)34/h11-17,19,22,24-25,27,41H,5-10,18H2,1-4H3,(H,37,42)(H,43,44)/t24-,25+,27+/m0/s1. The molecule has 1 saturated carbocycles. The summed E-state index contributed by atoms with van der Waals surface area (Å²) in [4.78, 5) is 31.8. The first-order valence-corrected chi connectivity index (χ1v) is 14.9. The number of aromatic nitrogens is 4. The van der Waals surface area contributed by atoms with Crippen molar-refractivity contribution in [1.82, 2.24) is 24.2 Å². The quantitative estimate of drug-likeness (QED) is 0.214. The maximum atomic E-state index is 13.4. The molecule has 3 aromatic rings. The number of unbranched alkanes of at least 4 members (excludes halogenated alkanes) is 1. The molecule has 0 spiro atoms. The summed E-state index contributed by atoms with van der Waals surface area (Å²) < 4.78 is 42.5. The number of hydrogen-bond donors (Lipinski definition) is 3. The lowest BCUT2D eigenvalue weighted by atomic mass is 9.83. The van der Waals surface area contributed by atoms with E-state index < -0.39 is 47.3 Å². The Labute approximate surface area is 254 Å². The largest absolute Gasteiger partial charge is 0.465 e. The minimum atomic E-state index is -4.45. The Morgan fingerprint density at radius 3 is 2.36 bits per heavy atom. The van der Waals surface area contributed by atoms with E-state index in [1.807, 2.05) is 27.7 Å². The van der Waals surface area contributed by atoms with Crippen molar-refractivity contribution < 1.29 is 33.0 Å². The monoisotopic (exact) mass is 618 g/mol. The van der Waals surface area contributed by atoms with Crippen LogP contribution in [0.1, 0.15) is 77.8 Å². The molecule has 1 aliphatic rings. The van der Waals surface area contributed by atoms with Gasteiger partial charge in [0.05, 0.1) is 41.9 Å². The summed E-state index contributed by atoms with van der Waals surface area (Å²) in [6, 6.07) is 4.74. The second-order valence-electron chi connectivity index (χ2n) is 12.5. The lowest BCUT2D eigenvalue weighted by Crippen LogP contribution is -2.59. The van der Waals surface area contributed by atoms with Crippen molar-refractivity contribution in [3.8, 4) is 11.3 Å². The van der Waals surface area contributed by atoms with E-state index in [1.54, 1.807) is 27.7 Å². The number of rotatable bonds is 12. The predicted octanol–water partition coefficient (Wildman–Crippen LogP) is 6.44. The number of alkyl halides is 3. The Balaban J connectivity index is 1.59. The van der Waals surface area contributed by atoms with Crippen LogP contribution in [0.4, 0.5) is 23.8 Å². The average molecular weight is 619 g/mol. The number of carbonyl (C=O) groups is 2. The van der Waals surface area contributed by atoms with Crippen LogP contribution in [-0.2, 0) is 17.5 Å². The summed E-state index contributed by atoms with van der Waals surface area (Å²) in [5.41, 5.74) is -0.494. The number of nitrogens with one attached hydrogen (secondary N) is 1. The molecule has 44 heavy (non-hydrogen) atoms. The number of carbonyl (C=O) groups excluding carboxylic acids is 1. The maximum absolute atomic E-state index is 13.4. The molecule has 0 radical (unpaired) electrons. The summed E-state index contributed by atoms with van der Waals surface area (Å²) in [7, 11) is 0. The molecule has 4 rings (SSSR count). The Morgan fingerprint density at radius 2 is 1.82 bits per heavy atom. The van der Waals surface area contributed by atoms with Gasteiger partial charge in [-0.3, -0.25) is 9.69 Å². The van der Waals surface area contributed by atoms with Crippen LogP contribution >= 0.6 is 0 Å². The minimum Gasteiger partial charge on any atom is -0.465 e. The summed E-state index contributed by atoms with van der Waals surface area (Å²) in [5.74, 6) is -0.255. The second kappa shape index (κ2) is 13.4. The van der Waals surface area contributed by atoms with Gasteiger partial charge in [0.2, 0.25) is 0 Å². The molecule has 240 valence electrons. The minimum absolute atomic E-state index is 0.134. The molecule has 1 aliphatic carbocycles. The Morgan fingerprint density at radius 1 is 1.14 bits per heavy atom. The molecular weight excluding hydrogens is 577 g/mol. The van der Waals surface area contributed by atoms with Crippen LogP contribution < -0.4 is 5.32 Å². The molecule has 3 atom stereocenters. The number of carboxylic acid groups (broad SMARTS) is 1. The first kappa shape index (κ1) is 33.0. The Hall–Kier alpha value is -3.87. The summed E-state index contributed by atoms with van der Waals surface area (Å²) in [6.45, 7) is 7.71. The SMILES string of the molecule is CCCC[C@@H]([C@@H](O)C(=O)Nc1ccnn1C1CCC1)N(C(=O)O)[C@H](Cn1cnc(-c2ccc(C(F)(F)F)cc2)c1)C(C)(C)C. The van der Waals surface area contributed by atoms with Gasteiger partial charge in [0.15, 0.2) is 6.10 Å². The highest BCUT2D eigenvalue weighted by atomic mass is 19.4. The van der Waals surface area contributed by atoms with E-state index in [9.17, 15) is 33.0 Å². The first-order valence-electron chi connectivity index (χ1n) is 14.9. The second-order valence-corrected chi connectivity index (χ2v) is 12.5. The van der Waals surface area contributed by atoms with E-state index in [4.69, 9.17) is 0 Å². The van der Waals surface area contributed by atoms with Gasteiger partial charge >= 0.3 is 12.3 Å². The third-order valence-electron chi connectivity index (χ3n) is 8.27. The van der Waals surface area contributed by atoms with Gasteiger partial charge in [0.1, 0.15) is 5.82 Å². The highest BCUT2D eigenvalue weighted by Gasteiger charge is 2.42. The topological polar surface area (TPSA) is 126 Å². The fourth-order valence-corrected chi connectivity index (χ4v) is 5.50. The van der Waals surface area contributed by atoms with E-state index in [2.05, 4.69) is 15.4 Å². The van der Waals surface area contributed by atoms with Gasteiger partial charge in [-0.15, -0.1) is 0 Å². The number of hydrogen-bond acceptors (Lipinski definition) is 5. The summed E-state index contributed by atoms with van der Waals surface area (Å²) in [5, 5.41) is 29.0. The van der Waals surface area contributed by atoms with Crippen LogP contribution in [0.5, 0.6) is 0 Å². The number of aliphatic hydroxyl groups is 1. The summed E-state index contributed by atoms with van der Waals surface area (Å²) >= 11 is 0. The first-order chi connectivity index (χ1) is 20.7. The molecule has 0 bridgehead atoms. The van der Waals surface area contributed by atoms with Crippen LogP contribution in [0, 0.1) is 5.41 Å². The van der Waals surface area contributed by atoms with Gasteiger partial charge in [-0.2, -0.15) is 18.3 Å². The lowest BCUT2D eigenvalue weighted by molar-refractivity contribution is -0.137. The van der Waals surface area contributed by atoms with Crippen molar-refractivity contribution in [2.45, 2.75) is 103 Å². The van der Waals surface area contributed by atoms with Gasteiger partial charge in [0.25, 0.3) is 5.91 Å². The van der Waals surface area contributed by atoms with Crippen LogP contribution in [0.25, 0.3) is 11.3 Å². The number of anilines is 1. The molecular formula is C31H41F3N6O4. The summed E-state index contributed by atoms with van der Waals surface area (Å²) in [6.07, 6.45) is 1.87. The number of imidazole rings is 1. The molecule has 3 N–H and O–H groups in total. The zero-order valence-corrected chi connectivity index (χ0v) is 25.5. The van der Waals surface area contributed by atoms with Crippen molar-refractivity contribution in [2.24, 2.45) is 5.41 Å². The van der Waals surface area contributed by atoms with Crippen molar-refractivity contribution in [3.05, 3.63) is 54.6 Å². The van der Waals surface area contributed by atoms with Crippen molar-refractivity contribution in [1.29, 1.82) is 0 Å². The highest BCUT2D eigenvalue weighted by molar-refractivity contribution is 5.94. The van der Waals surface area contributed by atoms with Gasteiger partial charge in [-0.05, 0) is 43.2 Å². The third kappa shape index (κ3) is 7.61. The normalized spacial score (nSPS) is 16.2. The molecule has 1 fully saturated rings. The van der Waals surface area contributed by atoms with Crippen molar-refractivity contribution >= 4 is 17.8 Å². The van der Waals surface area contributed by atoms with E-state index in [0.717, 1.165) is 37.8 Å². The molecule has 0 aliphatic heterocycles. The highest BCUT2D eigenvalue weighted by Crippen LogP contribution is 2.35. The lowest BCUT2D eigenvalue weighted by Gasteiger charge is -2.44. The number of amides is 2. The van der Waals surface area contributed by atoms with Gasteiger partial charge < -0.3 is 20.1 Å². The van der Waals surface area contributed by atoms with Crippen molar-refractivity contribution in [2.75, 3.05) is 5.32 Å². The molecule has 2 aromatic heterocycles. The molecule has 10 nitrogen and oxygen atoms in total. The van der Waals surface area contributed by atoms with Gasteiger partial charge in [0, 0.05) is 24.4 Å². The fraction of sp³-hybridized carbons (Fsp3) is 0.548. The number of nitrogens with zero attached hydrogens (tertiary/aromatic N) is 5. The van der Waals surface area contributed by atoms with Crippen LogP contribution in [0.2, 0.25) is 0 Å². The van der Waals surface area contributed by atoms with Gasteiger partial charge in [-0.1, -0.05) is 52.7 Å². The maximum Gasteiger partial charge on any atom is 0.416 e. The van der Waals surface area contributed by atoms with Crippen LogP contribution in [-0.4, -0.2) is 64.6 Å². The average Bonchev–Trinajstić information content (AvgIpc) is 3.57. The van der Waals surface area contributed by atoms with Crippen LogP contribution in [0.3, 0.4) is 0 Å². The number of benzene rings is 1.